The summed E-state index contributed by atoms with van der Waals surface area (Å²) in [5.74, 6) is 2.81. The molecule has 1 amide bonds. The molecule has 0 aliphatic heterocycles. The van der Waals surface area contributed by atoms with Crippen molar-refractivity contribution in [3.05, 3.63) is 58.9 Å². The summed E-state index contributed by atoms with van der Waals surface area (Å²) in [7, 11) is 1.59. The normalized spacial score (nSPS) is 24.4. The molecule has 8 heteroatoms. The standard InChI is InChI=1S/C33H38N4O3S/c1-40-29-13-10-25(16-27(29)18-34)22-4-2-21(3-5-22)20-37(33(39)24-8-11-28(38)12-9-24)31-17-26(14-15-35-31)30-19-36-32(41-30)23-6-7-23/h10,13-17,19,21-24,28,38H,2-9,11-12,20H2,1H3. The summed E-state index contributed by atoms with van der Waals surface area (Å²) in [6, 6.07) is 12.3. The monoisotopic (exact) mass is 570 g/mol. The second-order valence-corrected chi connectivity index (χ2v) is 13.0. The van der Waals surface area contributed by atoms with E-state index >= 15 is 0 Å². The lowest BCUT2D eigenvalue weighted by atomic mass is 9.78. The Morgan fingerprint density at radius 1 is 1.02 bits per heavy atom. The number of aromatic nitrogens is 2. The van der Waals surface area contributed by atoms with Crippen LogP contribution < -0.4 is 9.64 Å². The lowest BCUT2D eigenvalue weighted by Gasteiger charge is -2.35. The first-order valence-electron chi connectivity index (χ1n) is 15.0. The third-order valence-corrected chi connectivity index (χ3v) is 10.4. The minimum absolute atomic E-state index is 0.0752. The van der Waals surface area contributed by atoms with Crippen molar-refractivity contribution < 1.29 is 14.6 Å². The fourth-order valence-corrected chi connectivity index (χ4v) is 7.59. The Bertz CT molecular complexity index is 1410. The van der Waals surface area contributed by atoms with Crippen LogP contribution in [0.25, 0.3) is 10.4 Å². The van der Waals surface area contributed by atoms with Crippen molar-refractivity contribution >= 4 is 23.1 Å². The molecule has 0 radical (unpaired) electrons. The Labute approximate surface area is 246 Å². The number of rotatable bonds is 8. The molecule has 1 aromatic carbocycles. The average molecular weight is 571 g/mol. The van der Waals surface area contributed by atoms with Crippen molar-refractivity contribution in [3.63, 3.8) is 0 Å². The number of methoxy groups -OCH3 is 1. The van der Waals surface area contributed by atoms with E-state index in [0.29, 0.717) is 48.5 Å². The molecule has 41 heavy (non-hydrogen) atoms. The van der Waals surface area contributed by atoms with Gasteiger partial charge in [0.1, 0.15) is 17.6 Å². The van der Waals surface area contributed by atoms with E-state index in [1.165, 1.54) is 23.4 Å². The van der Waals surface area contributed by atoms with Gasteiger partial charge in [-0.15, -0.1) is 11.3 Å². The topological polar surface area (TPSA) is 99.3 Å². The van der Waals surface area contributed by atoms with Gasteiger partial charge in [-0.1, -0.05) is 6.07 Å². The van der Waals surface area contributed by atoms with Gasteiger partial charge in [-0.05, 0) is 111 Å². The van der Waals surface area contributed by atoms with E-state index in [9.17, 15) is 15.2 Å². The molecule has 0 unspecified atom stereocenters. The minimum atomic E-state index is -0.296. The molecule has 2 aromatic heterocycles. The summed E-state index contributed by atoms with van der Waals surface area (Å²) >= 11 is 1.75. The zero-order valence-electron chi connectivity index (χ0n) is 23.7. The molecular formula is C33H38N4O3S. The van der Waals surface area contributed by atoms with Gasteiger partial charge in [0.25, 0.3) is 0 Å². The first kappa shape index (κ1) is 27.9. The highest BCUT2D eigenvalue weighted by molar-refractivity contribution is 7.15. The van der Waals surface area contributed by atoms with Crippen LogP contribution in [0.15, 0.2) is 42.7 Å². The van der Waals surface area contributed by atoms with Crippen LogP contribution in [0.2, 0.25) is 0 Å². The molecule has 214 valence electrons. The number of benzene rings is 1. The van der Waals surface area contributed by atoms with Gasteiger partial charge in [-0.2, -0.15) is 5.26 Å². The molecule has 3 fully saturated rings. The number of pyridine rings is 1. The largest absolute Gasteiger partial charge is 0.495 e. The first-order chi connectivity index (χ1) is 20.0. The molecule has 3 aliphatic carbocycles. The molecule has 7 nitrogen and oxygen atoms in total. The second kappa shape index (κ2) is 12.3. The van der Waals surface area contributed by atoms with Gasteiger partial charge >= 0.3 is 0 Å². The van der Waals surface area contributed by atoms with Crippen LogP contribution in [0, 0.1) is 23.2 Å². The van der Waals surface area contributed by atoms with E-state index in [0.717, 1.165) is 54.8 Å². The Kier molecular flexibility index (Phi) is 8.36. The summed E-state index contributed by atoms with van der Waals surface area (Å²) in [6.45, 7) is 0.656. The van der Waals surface area contributed by atoms with Crippen LogP contribution in [-0.2, 0) is 4.79 Å². The number of aliphatic hydroxyl groups is 1. The number of nitrogens with zero attached hydrogens (tertiary/aromatic N) is 4. The van der Waals surface area contributed by atoms with Gasteiger partial charge in [0.05, 0.1) is 28.7 Å². The van der Waals surface area contributed by atoms with Gasteiger partial charge in [0.2, 0.25) is 5.91 Å². The SMILES string of the molecule is COc1ccc(C2CCC(CN(C(=O)C3CCC(O)CC3)c3cc(-c4cnc(C5CC5)s4)ccn3)CC2)cc1C#N. The summed E-state index contributed by atoms with van der Waals surface area (Å²) in [5, 5.41) is 20.8. The maximum absolute atomic E-state index is 14.0. The lowest BCUT2D eigenvalue weighted by Crippen LogP contribution is -2.42. The van der Waals surface area contributed by atoms with Crippen molar-refractivity contribution in [2.75, 3.05) is 18.6 Å². The minimum Gasteiger partial charge on any atom is -0.495 e. The molecule has 1 N–H and O–H groups in total. The average Bonchev–Trinajstić information content (AvgIpc) is 3.75. The number of thiazole rings is 1. The van der Waals surface area contributed by atoms with Gasteiger partial charge in [0, 0.05) is 30.8 Å². The maximum atomic E-state index is 14.0. The summed E-state index contributed by atoms with van der Waals surface area (Å²) in [6.07, 6.45) is 12.8. The Balaban J connectivity index is 1.19. The molecule has 3 aliphatic rings. The Morgan fingerprint density at radius 3 is 2.49 bits per heavy atom. The van der Waals surface area contributed by atoms with Crippen molar-refractivity contribution in [1.82, 2.24) is 9.97 Å². The number of carbonyl (C=O) groups excluding carboxylic acids is 1. The number of carbonyl (C=O) groups is 1. The Morgan fingerprint density at radius 2 is 1.78 bits per heavy atom. The third kappa shape index (κ3) is 6.32. The fourth-order valence-electron chi connectivity index (χ4n) is 6.50. The van der Waals surface area contributed by atoms with Crippen LogP contribution in [0.4, 0.5) is 5.82 Å². The molecule has 3 saturated carbocycles. The van der Waals surface area contributed by atoms with Crippen LogP contribution in [0.5, 0.6) is 5.75 Å². The van der Waals surface area contributed by atoms with Gasteiger partial charge < -0.3 is 9.84 Å². The molecule has 0 atom stereocenters. The van der Waals surface area contributed by atoms with Crippen LogP contribution in [-0.4, -0.2) is 40.7 Å². The third-order valence-electron chi connectivity index (χ3n) is 9.17. The fraction of sp³-hybridized carbons (Fsp3) is 0.515. The molecule has 0 bridgehead atoms. The zero-order valence-corrected chi connectivity index (χ0v) is 24.5. The number of aliphatic hydroxyl groups excluding tert-OH is 1. The zero-order chi connectivity index (χ0) is 28.3. The molecular weight excluding hydrogens is 532 g/mol. The molecule has 2 heterocycles. The number of hydrogen-bond donors (Lipinski definition) is 1. The van der Waals surface area contributed by atoms with E-state index in [1.54, 1.807) is 18.4 Å². The predicted octanol–water partition coefficient (Wildman–Crippen LogP) is 6.82. The number of ether oxygens (including phenoxy) is 1. The van der Waals surface area contributed by atoms with Crippen molar-refractivity contribution in [3.8, 4) is 22.3 Å². The summed E-state index contributed by atoms with van der Waals surface area (Å²) < 4.78 is 5.33. The van der Waals surface area contributed by atoms with E-state index in [1.807, 2.05) is 35.5 Å². The van der Waals surface area contributed by atoms with E-state index in [2.05, 4.69) is 23.2 Å². The highest BCUT2D eigenvalue weighted by Crippen LogP contribution is 2.44. The van der Waals surface area contributed by atoms with Gasteiger partial charge in [-0.25, -0.2) is 9.97 Å². The van der Waals surface area contributed by atoms with Crippen LogP contribution >= 0.6 is 11.3 Å². The quantitative estimate of drug-likeness (QED) is 0.319. The van der Waals surface area contributed by atoms with Gasteiger partial charge in [-0.3, -0.25) is 9.69 Å². The molecule has 6 rings (SSSR count). The van der Waals surface area contributed by atoms with E-state index in [-0.39, 0.29) is 17.9 Å². The highest BCUT2D eigenvalue weighted by Gasteiger charge is 2.33. The van der Waals surface area contributed by atoms with E-state index in [4.69, 9.17) is 9.72 Å². The predicted molar refractivity (Wildman–Crippen MR) is 160 cm³/mol. The summed E-state index contributed by atoms with van der Waals surface area (Å²) in [5.41, 5.74) is 2.84. The molecule has 0 spiro atoms. The van der Waals surface area contributed by atoms with Crippen LogP contribution in [0.3, 0.4) is 0 Å². The highest BCUT2D eigenvalue weighted by atomic mass is 32.1. The van der Waals surface area contributed by atoms with E-state index < -0.39 is 0 Å². The molecule has 0 saturated heterocycles. The smallest absolute Gasteiger partial charge is 0.231 e. The summed E-state index contributed by atoms with van der Waals surface area (Å²) in [4.78, 5) is 26.4. The van der Waals surface area contributed by atoms with Crippen LogP contribution in [0.1, 0.15) is 92.2 Å². The van der Waals surface area contributed by atoms with Crippen molar-refractivity contribution in [2.45, 2.75) is 82.1 Å². The number of nitriles is 1. The number of anilines is 1. The second-order valence-electron chi connectivity index (χ2n) is 12.0. The Hall–Kier alpha value is -3.28. The number of amides is 1. The first-order valence-corrected chi connectivity index (χ1v) is 15.8. The number of hydrogen-bond acceptors (Lipinski definition) is 7. The maximum Gasteiger partial charge on any atom is 0.231 e. The van der Waals surface area contributed by atoms with Crippen molar-refractivity contribution in [1.29, 1.82) is 5.26 Å². The molecule has 3 aromatic rings. The van der Waals surface area contributed by atoms with Gasteiger partial charge in [0.15, 0.2) is 0 Å². The lowest BCUT2D eigenvalue weighted by molar-refractivity contribution is -0.124. The van der Waals surface area contributed by atoms with Crippen molar-refractivity contribution in [2.24, 2.45) is 11.8 Å².